The van der Waals surface area contributed by atoms with Gasteiger partial charge in [-0.25, -0.2) is 9.97 Å². The van der Waals surface area contributed by atoms with Gasteiger partial charge in [-0.3, -0.25) is 4.79 Å². The average molecular weight is 443 g/mol. The van der Waals surface area contributed by atoms with E-state index in [1.807, 2.05) is 31.2 Å². The molecule has 160 valence electrons. The lowest BCUT2D eigenvalue weighted by Crippen LogP contribution is -2.25. The van der Waals surface area contributed by atoms with Crippen LogP contribution in [0.1, 0.15) is 37.0 Å². The maximum absolute atomic E-state index is 12.8. The molecule has 8 heteroatoms. The number of hydrogen-bond acceptors (Lipinski definition) is 7. The highest BCUT2D eigenvalue weighted by Gasteiger charge is 2.25. The van der Waals surface area contributed by atoms with E-state index in [1.165, 1.54) is 0 Å². The average Bonchev–Trinajstić information content (AvgIpc) is 2.82. The van der Waals surface area contributed by atoms with Gasteiger partial charge < -0.3 is 11.1 Å². The fourth-order valence-electron chi connectivity index (χ4n) is 3.18. The summed E-state index contributed by atoms with van der Waals surface area (Å²) in [6, 6.07) is 17.2. The number of thioether (sulfide) groups is 1. The van der Waals surface area contributed by atoms with Gasteiger partial charge in [-0.05, 0) is 36.1 Å². The van der Waals surface area contributed by atoms with E-state index < -0.39 is 5.25 Å². The summed E-state index contributed by atoms with van der Waals surface area (Å²) >= 11 is 1.15. The topological polar surface area (TPSA) is 128 Å². The third-order valence-electron chi connectivity index (χ3n) is 4.90. The Kier molecular flexibility index (Phi) is 7.43. The number of amides is 1. The third-order valence-corrected chi connectivity index (χ3v) is 6.25. The van der Waals surface area contributed by atoms with E-state index in [0.29, 0.717) is 28.4 Å². The zero-order valence-electron chi connectivity index (χ0n) is 17.8. The van der Waals surface area contributed by atoms with Crippen LogP contribution < -0.4 is 11.1 Å². The zero-order chi connectivity index (χ0) is 23.1. The fourth-order valence-corrected chi connectivity index (χ4v) is 4.20. The summed E-state index contributed by atoms with van der Waals surface area (Å²) in [7, 11) is 0. The minimum Gasteiger partial charge on any atom is -0.383 e. The highest BCUT2D eigenvalue weighted by atomic mass is 32.2. The van der Waals surface area contributed by atoms with Gasteiger partial charge in [-0.15, -0.1) is 0 Å². The van der Waals surface area contributed by atoms with Crippen LogP contribution in [0.4, 0.5) is 11.6 Å². The molecule has 1 atom stereocenters. The Morgan fingerprint density at radius 2 is 1.84 bits per heavy atom. The molecule has 7 nitrogen and oxygen atoms in total. The van der Waals surface area contributed by atoms with Gasteiger partial charge in [-0.2, -0.15) is 10.5 Å². The first-order valence-corrected chi connectivity index (χ1v) is 11.0. The SMILES string of the molecule is CCc1ccc(-c2c(C#N)c(N)nc(SC(CC)C(=O)Nc3ccccn3)c2C#N)cc1. The molecule has 0 aliphatic heterocycles. The number of aromatic nitrogens is 2. The lowest BCUT2D eigenvalue weighted by molar-refractivity contribution is -0.115. The maximum Gasteiger partial charge on any atom is 0.239 e. The number of carbonyl (C=O) groups is 1. The number of rotatable bonds is 7. The van der Waals surface area contributed by atoms with Crippen molar-refractivity contribution in [1.29, 1.82) is 10.5 Å². The quantitative estimate of drug-likeness (QED) is 0.514. The molecule has 0 aliphatic carbocycles. The molecular weight excluding hydrogens is 420 g/mol. The number of nitrogens with zero attached hydrogens (tertiary/aromatic N) is 4. The van der Waals surface area contributed by atoms with Crippen LogP contribution in [0.5, 0.6) is 0 Å². The van der Waals surface area contributed by atoms with E-state index in [2.05, 4.69) is 34.3 Å². The lowest BCUT2D eigenvalue weighted by Gasteiger charge is -2.17. The Balaban J connectivity index is 2.02. The zero-order valence-corrected chi connectivity index (χ0v) is 18.6. The van der Waals surface area contributed by atoms with Gasteiger partial charge in [0.05, 0.1) is 10.8 Å². The number of benzene rings is 1. The first kappa shape index (κ1) is 22.8. The van der Waals surface area contributed by atoms with E-state index in [4.69, 9.17) is 5.73 Å². The molecule has 3 aromatic rings. The van der Waals surface area contributed by atoms with Crippen LogP contribution >= 0.6 is 11.8 Å². The Morgan fingerprint density at radius 3 is 2.41 bits per heavy atom. The molecule has 1 unspecified atom stereocenters. The predicted molar refractivity (Wildman–Crippen MR) is 126 cm³/mol. The van der Waals surface area contributed by atoms with Crippen LogP contribution in [0.2, 0.25) is 0 Å². The number of hydrogen-bond donors (Lipinski definition) is 2. The molecule has 0 radical (unpaired) electrons. The summed E-state index contributed by atoms with van der Waals surface area (Å²) in [6.07, 6.45) is 2.96. The van der Waals surface area contributed by atoms with Gasteiger partial charge >= 0.3 is 0 Å². The number of carbonyl (C=O) groups excluding carboxylic acids is 1. The van der Waals surface area contributed by atoms with Crippen molar-refractivity contribution in [2.45, 2.75) is 37.0 Å². The van der Waals surface area contributed by atoms with Crippen LogP contribution in [-0.2, 0) is 11.2 Å². The van der Waals surface area contributed by atoms with Gasteiger partial charge in [0.15, 0.2) is 0 Å². The Hall–Kier alpha value is -3.88. The smallest absolute Gasteiger partial charge is 0.239 e. The molecule has 0 aliphatic rings. The molecule has 3 rings (SSSR count). The molecule has 3 N–H and O–H groups in total. The molecule has 2 aromatic heterocycles. The van der Waals surface area contributed by atoms with Crippen molar-refractivity contribution in [3.63, 3.8) is 0 Å². The second-order valence-corrected chi connectivity index (χ2v) is 8.11. The normalized spacial score (nSPS) is 11.2. The highest BCUT2D eigenvalue weighted by Crippen LogP contribution is 2.37. The molecule has 0 bridgehead atoms. The van der Waals surface area contributed by atoms with Gasteiger partial charge in [-0.1, -0.05) is 55.9 Å². The minimum atomic E-state index is -0.528. The lowest BCUT2D eigenvalue weighted by atomic mass is 9.96. The van der Waals surface area contributed by atoms with Gasteiger partial charge in [0.25, 0.3) is 0 Å². The summed E-state index contributed by atoms with van der Waals surface area (Å²) < 4.78 is 0. The van der Waals surface area contributed by atoms with E-state index >= 15 is 0 Å². The van der Waals surface area contributed by atoms with E-state index in [0.717, 1.165) is 23.7 Å². The fraction of sp³-hybridized carbons (Fsp3) is 0.208. The first-order valence-electron chi connectivity index (χ1n) is 10.1. The molecule has 0 saturated heterocycles. The minimum absolute atomic E-state index is 0.0311. The van der Waals surface area contributed by atoms with Crippen molar-refractivity contribution in [2.75, 3.05) is 11.1 Å². The van der Waals surface area contributed by atoms with Crippen LogP contribution in [0.15, 0.2) is 53.7 Å². The van der Waals surface area contributed by atoms with Crippen molar-refractivity contribution in [3.8, 4) is 23.3 Å². The molecule has 2 heterocycles. The van der Waals surface area contributed by atoms with E-state index in [1.54, 1.807) is 24.4 Å². The summed E-state index contributed by atoms with van der Waals surface area (Å²) in [5.74, 6) is 0.225. The molecule has 0 spiro atoms. The van der Waals surface area contributed by atoms with Crippen LogP contribution in [0, 0.1) is 22.7 Å². The summed E-state index contributed by atoms with van der Waals surface area (Å²) in [5.41, 5.74) is 8.77. The van der Waals surface area contributed by atoms with Crippen molar-refractivity contribution in [1.82, 2.24) is 9.97 Å². The molecule has 0 saturated carbocycles. The number of pyridine rings is 2. The number of anilines is 2. The Morgan fingerprint density at radius 1 is 1.12 bits per heavy atom. The number of nitrogens with two attached hydrogens (primary N) is 1. The molecule has 32 heavy (non-hydrogen) atoms. The van der Waals surface area contributed by atoms with Crippen molar-refractivity contribution in [2.24, 2.45) is 0 Å². The largest absolute Gasteiger partial charge is 0.383 e. The Labute approximate surface area is 191 Å². The second kappa shape index (κ2) is 10.4. The van der Waals surface area contributed by atoms with Crippen LogP contribution in [0.3, 0.4) is 0 Å². The molecule has 1 amide bonds. The number of nitriles is 2. The van der Waals surface area contributed by atoms with Crippen molar-refractivity contribution in [3.05, 3.63) is 65.4 Å². The van der Waals surface area contributed by atoms with E-state index in [-0.39, 0.29) is 22.9 Å². The van der Waals surface area contributed by atoms with Gasteiger partial charge in [0.2, 0.25) is 5.91 Å². The molecular formula is C24H22N6OS. The second-order valence-electron chi connectivity index (χ2n) is 6.92. The Bertz CT molecular complexity index is 1200. The van der Waals surface area contributed by atoms with Gasteiger partial charge in [0.1, 0.15) is 34.4 Å². The standard InChI is InChI=1S/C24H22N6OS/c1-3-15-8-10-16(11-9-15)21-17(13-25)22(27)30-24(18(21)14-26)32-19(4-2)23(31)29-20-7-5-6-12-28-20/h5-12,19H,3-4H2,1-2H3,(H2,27,30)(H,28,29,31). The van der Waals surface area contributed by atoms with Crippen molar-refractivity contribution < 1.29 is 4.79 Å². The van der Waals surface area contributed by atoms with Crippen LogP contribution in [-0.4, -0.2) is 21.1 Å². The molecule has 1 aromatic carbocycles. The summed E-state index contributed by atoms with van der Waals surface area (Å²) in [6.45, 7) is 3.93. The highest BCUT2D eigenvalue weighted by molar-refractivity contribution is 8.00. The monoisotopic (exact) mass is 442 g/mol. The number of nitrogens with one attached hydrogen (secondary N) is 1. The first-order chi connectivity index (χ1) is 15.5. The summed E-state index contributed by atoms with van der Waals surface area (Å²) in [4.78, 5) is 21.2. The number of nitrogen functional groups attached to an aromatic ring is 1. The third kappa shape index (κ3) is 4.88. The number of aryl methyl sites for hydroxylation is 1. The molecule has 0 fully saturated rings. The summed E-state index contributed by atoms with van der Waals surface area (Å²) in [5, 5.41) is 22.2. The van der Waals surface area contributed by atoms with Crippen LogP contribution in [0.25, 0.3) is 11.1 Å². The predicted octanol–water partition coefficient (Wildman–Crippen LogP) is 4.54. The van der Waals surface area contributed by atoms with Crippen molar-refractivity contribution >= 4 is 29.3 Å². The van der Waals surface area contributed by atoms with Gasteiger partial charge in [0, 0.05) is 11.8 Å². The maximum atomic E-state index is 12.8. The van der Waals surface area contributed by atoms with E-state index in [9.17, 15) is 15.3 Å².